The van der Waals surface area contributed by atoms with Crippen LogP contribution in [-0.2, 0) is 6.42 Å². The lowest BCUT2D eigenvalue weighted by Crippen LogP contribution is -2.28. The van der Waals surface area contributed by atoms with E-state index in [4.69, 9.17) is 9.97 Å². The summed E-state index contributed by atoms with van der Waals surface area (Å²) >= 11 is 0. The van der Waals surface area contributed by atoms with E-state index in [9.17, 15) is 0 Å². The fourth-order valence-electron chi connectivity index (χ4n) is 3.76. The minimum atomic E-state index is 0.496. The number of aryl methyl sites for hydroxylation is 2. The number of hydrogen-bond donors (Lipinski definition) is 1. The molecule has 5 nitrogen and oxygen atoms in total. The predicted molar refractivity (Wildman–Crippen MR) is 140 cm³/mol. The molecule has 0 atom stereocenters. The van der Waals surface area contributed by atoms with Crippen LogP contribution < -0.4 is 5.32 Å². The van der Waals surface area contributed by atoms with Gasteiger partial charge in [-0.15, -0.1) is 0 Å². The van der Waals surface area contributed by atoms with Crippen LogP contribution in [0.15, 0.2) is 54.9 Å². The van der Waals surface area contributed by atoms with Gasteiger partial charge >= 0.3 is 0 Å². The number of pyridine rings is 1. The van der Waals surface area contributed by atoms with Crippen molar-refractivity contribution in [2.24, 2.45) is 0 Å². The molecule has 1 saturated carbocycles. The molecule has 1 fully saturated rings. The highest BCUT2D eigenvalue weighted by molar-refractivity contribution is 5.81. The first-order valence-electron chi connectivity index (χ1n) is 12.4. The molecule has 1 aromatic carbocycles. The fraction of sp³-hybridized carbons (Fsp3) is 0.393. The summed E-state index contributed by atoms with van der Waals surface area (Å²) in [6.45, 7) is 12.3. The molecule has 33 heavy (non-hydrogen) atoms. The van der Waals surface area contributed by atoms with Crippen LogP contribution in [0, 0.1) is 6.92 Å². The first-order chi connectivity index (χ1) is 16.2. The third-order valence-corrected chi connectivity index (χ3v) is 5.76. The van der Waals surface area contributed by atoms with Gasteiger partial charge in [0.15, 0.2) is 0 Å². The Bertz CT molecular complexity index is 1160. The topological polar surface area (TPSA) is 55.1 Å². The minimum absolute atomic E-state index is 0.496. The number of benzene rings is 1. The molecule has 0 spiro atoms. The SMILES string of the molecule is CC.CC.CCc1ccn2c(-c3ccnc(NC4CCC4)n3)c(-c3ccc(C)cc3)nc2c1. The maximum absolute atomic E-state index is 5.00. The van der Waals surface area contributed by atoms with E-state index in [0.717, 1.165) is 34.7 Å². The maximum atomic E-state index is 5.00. The highest BCUT2D eigenvalue weighted by Crippen LogP contribution is 2.33. The lowest BCUT2D eigenvalue weighted by Gasteiger charge is -2.26. The standard InChI is InChI=1S/C24H25N5.2C2H6/c1-3-17-12-14-29-21(15-17)28-22(18-9-7-16(2)8-10-18)23(29)20-11-13-25-24(27-20)26-19-5-4-6-19;2*1-2/h7-15,19H,3-6H2,1-2H3,(H,25,26,27);2*1-2H3. The van der Waals surface area contributed by atoms with Gasteiger partial charge in [0.1, 0.15) is 5.65 Å². The Morgan fingerprint density at radius 2 is 1.70 bits per heavy atom. The zero-order valence-electron chi connectivity index (χ0n) is 20.9. The van der Waals surface area contributed by atoms with Crippen molar-refractivity contribution in [3.8, 4) is 22.6 Å². The second-order valence-electron chi connectivity index (χ2n) is 7.83. The van der Waals surface area contributed by atoms with Crippen molar-refractivity contribution in [2.75, 3.05) is 5.32 Å². The van der Waals surface area contributed by atoms with Crippen molar-refractivity contribution in [1.82, 2.24) is 19.4 Å². The van der Waals surface area contributed by atoms with Gasteiger partial charge in [0.25, 0.3) is 0 Å². The molecule has 1 N–H and O–H groups in total. The van der Waals surface area contributed by atoms with Crippen molar-refractivity contribution >= 4 is 11.6 Å². The second-order valence-corrected chi connectivity index (χ2v) is 7.83. The van der Waals surface area contributed by atoms with Gasteiger partial charge in [-0.2, -0.15) is 0 Å². The monoisotopic (exact) mass is 443 g/mol. The van der Waals surface area contributed by atoms with Crippen molar-refractivity contribution in [3.63, 3.8) is 0 Å². The third-order valence-electron chi connectivity index (χ3n) is 5.76. The Morgan fingerprint density at radius 1 is 0.970 bits per heavy atom. The molecule has 5 rings (SSSR count). The van der Waals surface area contributed by atoms with Crippen LogP contribution >= 0.6 is 0 Å². The summed E-state index contributed by atoms with van der Waals surface area (Å²) in [5.41, 5.74) is 7.40. The molecule has 0 amide bonds. The Labute approximate surface area is 198 Å². The molecule has 0 aliphatic heterocycles. The van der Waals surface area contributed by atoms with Crippen LogP contribution in [-0.4, -0.2) is 25.4 Å². The molecule has 5 heteroatoms. The number of hydrogen-bond acceptors (Lipinski definition) is 4. The molecule has 0 radical (unpaired) electrons. The fourth-order valence-corrected chi connectivity index (χ4v) is 3.76. The van der Waals surface area contributed by atoms with Gasteiger partial charge in [-0.3, -0.25) is 4.40 Å². The number of nitrogens with one attached hydrogen (secondary N) is 1. The number of aromatic nitrogens is 4. The van der Waals surface area contributed by atoms with E-state index in [1.54, 1.807) is 0 Å². The van der Waals surface area contributed by atoms with Gasteiger partial charge in [0.05, 0.1) is 17.1 Å². The number of imidazole rings is 1. The Kier molecular flexibility index (Phi) is 8.58. The lowest BCUT2D eigenvalue weighted by atomic mass is 9.93. The summed E-state index contributed by atoms with van der Waals surface area (Å²) in [7, 11) is 0. The summed E-state index contributed by atoms with van der Waals surface area (Å²) < 4.78 is 2.14. The van der Waals surface area contributed by atoms with Gasteiger partial charge in [0.2, 0.25) is 5.95 Å². The summed E-state index contributed by atoms with van der Waals surface area (Å²) in [6, 6.07) is 15.3. The van der Waals surface area contributed by atoms with Crippen LogP contribution in [0.2, 0.25) is 0 Å². The van der Waals surface area contributed by atoms with E-state index in [0.29, 0.717) is 12.0 Å². The lowest BCUT2D eigenvalue weighted by molar-refractivity contribution is 0.443. The number of fused-ring (bicyclic) bond motifs is 1. The Morgan fingerprint density at radius 3 is 2.33 bits per heavy atom. The molecule has 174 valence electrons. The molecule has 0 saturated heterocycles. The number of anilines is 1. The normalized spacial score (nSPS) is 12.8. The highest BCUT2D eigenvalue weighted by atomic mass is 15.1. The smallest absolute Gasteiger partial charge is 0.223 e. The average molecular weight is 444 g/mol. The van der Waals surface area contributed by atoms with Crippen LogP contribution in [0.25, 0.3) is 28.3 Å². The van der Waals surface area contributed by atoms with Crippen molar-refractivity contribution in [3.05, 3.63) is 66.0 Å². The van der Waals surface area contributed by atoms with Gasteiger partial charge in [0, 0.05) is 24.0 Å². The second kappa shape index (κ2) is 11.6. The summed E-state index contributed by atoms with van der Waals surface area (Å²) in [5, 5.41) is 3.46. The van der Waals surface area contributed by atoms with Crippen molar-refractivity contribution in [2.45, 2.75) is 73.3 Å². The molecular formula is C28H37N5. The zero-order valence-corrected chi connectivity index (χ0v) is 20.9. The molecule has 1 aliphatic rings. The minimum Gasteiger partial charge on any atom is -0.351 e. The summed E-state index contributed by atoms with van der Waals surface area (Å²) in [6.07, 6.45) is 8.59. The van der Waals surface area contributed by atoms with Crippen LogP contribution in [0.1, 0.15) is 65.0 Å². The number of nitrogens with zero attached hydrogens (tertiary/aromatic N) is 4. The summed E-state index contributed by atoms with van der Waals surface area (Å²) in [4.78, 5) is 14.3. The van der Waals surface area contributed by atoms with Gasteiger partial charge in [-0.05, 0) is 56.4 Å². The van der Waals surface area contributed by atoms with E-state index >= 15 is 0 Å². The molecule has 3 aromatic heterocycles. The Balaban J connectivity index is 0.000000728. The van der Waals surface area contributed by atoms with E-state index < -0.39 is 0 Å². The van der Waals surface area contributed by atoms with E-state index in [-0.39, 0.29) is 0 Å². The van der Waals surface area contributed by atoms with Crippen LogP contribution in [0.5, 0.6) is 0 Å². The maximum Gasteiger partial charge on any atom is 0.223 e. The predicted octanol–water partition coefficient (Wildman–Crippen LogP) is 7.35. The first-order valence-corrected chi connectivity index (χ1v) is 12.4. The molecule has 0 unspecified atom stereocenters. The van der Waals surface area contributed by atoms with Crippen molar-refractivity contribution in [1.29, 1.82) is 0 Å². The third kappa shape index (κ3) is 5.41. The van der Waals surface area contributed by atoms with Crippen LogP contribution in [0.4, 0.5) is 5.95 Å². The quantitative estimate of drug-likeness (QED) is 0.350. The summed E-state index contributed by atoms with van der Waals surface area (Å²) in [5.74, 6) is 0.696. The molecule has 3 heterocycles. The largest absolute Gasteiger partial charge is 0.351 e. The average Bonchev–Trinajstić information content (AvgIpc) is 3.23. The molecule has 4 aromatic rings. The highest BCUT2D eigenvalue weighted by Gasteiger charge is 2.20. The van der Waals surface area contributed by atoms with E-state index in [1.165, 1.54) is 30.4 Å². The van der Waals surface area contributed by atoms with E-state index in [2.05, 4.69) is 71.1 Å². The first kappa shape index (κ1) is 24.4. The Hall–Kier alpha value is -3.21. The van der Waals surface area contributed by atoms with Crippen LogP contribution in [0.3, 0.4) is 0 Å². The molecule has 0 bridgehead atoms. The van der Waals surface area contributed by atoms with Gasteiger partial charge in [-0.1, -0.05) is 64.4 Å². The zero-order chi connectivity index (χ0) is 23.8. The van der Waals surface area contributed by atoms with Crippen molar-refractivity contribution < 1.29 is 0 Å². The molecule has 1 aliphatic carbocycles. The number of rotatable bonds is 5. The molecular weight excluding hydrogens is 406 g/mol. The van der Waals surface area contributed by atoms with Gasteiger partial charge in [-0.25, -0.2) is 15.0 Å². The van der Waals surface area contributed by atoms with E-state index in [1.807, 2.05) is 40.0 Å². The van der Waals surface area contributed by atoms with Gasteiger partial charge < -0.3 is 5.32 Å².